The first-order valence-electron chi connectivity index (χ1n) is 9.74. The van der Waals surface area contributed by atoms with E-state index in [1.54, 1.807) is 24.3 Å². The van der Waals surface area contributed by atoms with E-state index in [-0.39, 0.29) is 13.2 Å². The third-order valence-corrected chi connectivity index (χ3v) is 4.28. The molecule has 0 fully saturated rings. The molecule has 0 saturated carbocycles. The summed E-state index contributed by atoms with van der Waals surface area (Å²) in [4.78, 5) is 23.6. The second-order valence-electron chi connectivity index (χ2n) is 6.57. The molecule has 3 rings (SSSR count). The summed E-state index contributed by atoms with van der Waals surface area (Å²) in [5.41, 5.74) is 3.49. The quantitative estimate of drug-likeness (QED) is 0.536. The van der Waals surface area contributed by atoms with Crippen molar-refractivity contribution in [3.05, 3.63) is 96.1 Å². The van der Waals surface area contributed by atoms with Crippen LogP contribution in [0.15, 0.2) is 84.9 Å². The number of carbonyl (C=O) groups excluding carboxylic acids is 2. The summed E-state index contributed by atoms with van der Waals surface area (Å²) in [7, 11) is 0. The highest BCUT2D eigenvalue weighted by Gasteiger charge is 2.05. The number of anilines is 2. The van der Waals surface area contributed by atoms with Gasteiger partial charge in [0, 0.05) is 24.2 Å². The number of para-hydroxylation sites is 2. The Bertz CT molecular complexity index is 871. The SMILES string of the molecule is O=C(Nc1ccccc1)OCCc1cccc(CCOC(=O)Nc2ccccc2)c1. The van der Waals surface area contributed by atoms with Gasteiger partial charge in [-0.05, 0) is 35.4 Å². The van der Waals surface area contributed by atoms with Gasteiger partial charge in [-0.3, -0.25) is 10.6 Å². The van der Waals surface area contributed by atoms with Gasteiger partial charge in [-0.25, -0.2) is 9.59 Å². The molecule has 154 valence electrons. The minimum atomic E-state index is -0.477. The fourth-order valence-electron chi connectivity index (χ4n) is 2.81. The van der Waals surface area contributed by atoms with E-state index in [9.17, 15) is 9.59 Å². The molecule has 0 aliphatic carbocycles. The Balaban J connectivity index is 1.37. The van der Waals surface area contributed by atoms with Gasteiger partial charge in [-0.15, -0.1) is 0 Å². The summed E-state index contributed by atoms with van der Waals surface area (Å²) in [6.45, 7) is 0.552. The highest BCUT2D eigenvalue weighted by molar-refractivity contribution is 5.84. The van der Waals surface area contributed by atoms with Crippen molar-refractivity contribution in [2.45, 2.75) is 12.8 Å². The Morgan fingerprint density at radius 2 is 1.03 bits per heavy atom. The first-order valence-corrected chi connectivity index (χ1v) is 9.74. The fraction of sp³-hybridized carbons (Fsp3) is 0.167. The van der Waals surface area contributed by atoms with Crippen LogP contribution >= 0.6 is 0 Å². The van der Waals surface area contributed by atoms with Crippen LogP contribution in [0.4, 0.5) is 21.0 Å². The van der Waals surface area contributed by atoms with Crippen molar-refractivity contribution in [2.24, 2.45) is 0 Å². The normalized spacial score (nSPS) is 10.1. The minimum Gasteiger partial charge on any atom is -0.449 e. The number of amides is 2. The average Bonchev–Trinajstić information content (AvgIpc) is 2.75. The molecule has 0 aromatic heterocycles. The van der Waals surface area contributed by atoms with E-state index >= 15 is 0 Å². The van der Waals surface area contributed by atoms with Gasteiger partial charge in [0.2, 0.25) is 0 Å². The largest absolute Gasteiger partial charge is 0.449 e. The van der Waals surface area contributed by atoms with Crippen molar-refractivity contribution in [3.8, 4) is 0 Å². The smallest absolute Gasteiger partial charge is 0.411 e. The number of hydrogen-bond acceptors (Lipinski definition) is 4. The van der Waals surface area contributed by atoms with Gasteiger partial charge < -0.3 is 9.47 Å². The van der Waals surface area contributed by atoms with E-state index in [1.165, 1.54) is 0 Å². The summed E-state index contributed by atoms with van der Waals surface area (Å²) in [6, 6.07) is 26.2. The standard InChI is InChI=1S/C24H24N2O4/c27-23(25-21-10-3-1-4-11-21)29-16-14-19-8-7-9-20(18-19)15-17-30-24(28)26-22-12-5-2-6-13-22/h1-13,18H,14-17H2,(H,25,27)(H,26,28). The number of hydrogen-bond donors (Lipinski definition) is 2. The van der Waals surface area contributed by atoms with E-state index in [0.717, 1.165) is 11.1 Å². The lowest BCUT2D eigenvalue weighted by Gasteiger charge is -2.09. The topological polar surface area (TPSA) is 76.7 Å². The molecule has 0 spiro atoms. The van der Waals surface area contributed by atoms with Crippen molar-refractivity contribution in [3.63, 3.8) is 0 Å². The van der Waals surface area contributed by atoms with Crippen LogP contribution in [0, 0.1) is 0 Å². The molecule has 6 heteroatoms. The summed E-state index contributed by atoms with van der Waals surface area (Å²) >= 11 is 0. The molecule has 2 amide bonds. The zero-order valence-corrected chi connectivity index (χ0v) is 16.5. The van der Waals surface area contributed by atoms with Crippen LogP contribution in [0.3, 0.4) is 0 Å². The molecule has 2 N–H and O–H groups in total. The molecule has 0 bridgehead atoms. The van der Waals surface area contributed by atoms with E-state index in [4.69, 9.17) is 9.47 Å². The summed E-state index contributed by atoms with van der Waals surface area (Å²) in [5, 5.41) is 5.36. The fourth-order valence-corrected chi connectivity index (χ4v) is 2.81. The van der Waals surface area contributed by atoms with Crippen LogP contribution < -0.4 is 10.6 Å². The van der Waals surface area contributed by atoms with Crippen molar-refractivity contribution in [1.29, 1.82) is 0 Å². The molecule has 30 heavy (non-hydrogen) atoms. The molecule has 0 radical (unpaired) electrons. The van der Waals surface area contributed by atoms with Crippen molar-refractivity contribution >= 4 is 23.6 Å². The molecule has 3 aromatic carbocycles. The van der Waals surface area contributed by atoms with E-state index in [2.05, 4.69) is 10.6 Å². The molecule has 6 nitrogen and oxygen atoms in total. The molecular weight excluding hydrogens is 380 g/mol. The van der Waals surface area contributed by atoms with Gasteiger partial charge in [0.05, 0.1) is 13.2 Å². The Morgan fingerprint density at radius 3 is 1.47 bits per heavy atom. The lowest BCUT2D eigenvalue weighted by Crippen LogP contribution is -2.15. The molecule has 0 aliphatic rings. The number of nitrogens with one attached hydrogen (secondary N) is 2. The lowest BCUT2D eigenvalue weighted by molar-refractivity contribution is 0.162. The maximum absolute atomic E-state index is 11.8. The van der Waals surface area contributed by atoms with Gasteiger partial charge in [0.1, 0.15) is 0 Å². The second kappa shape index (κ2) is 11.3. The first kappa shape index (κ1) is 20.9. The summed E-state index contributed by atoms with van der Waals surface area (Å²) in [6.07, 6.45) is 0.252. The van der Waals surface area contributed by atoms with Crippen LogP contribution in [0.1, 0.15) is 11.1 Å². The van der Waals surface area contributed by atoms with Crippen molar-refractivity contribution < 1.29 is 19.1 Å². The predicted molar refractivity (Wildman–Crippen MR) is 117 cm³/mol. The van der Waals surface area contributed by atoms with E-state index in [1.807, 2.05) is 60.7 Å². The maximum atomic E-state index is 11.8. The highest BCUT2D eigenvalue weighted by atomic mass is 16.6. The summed E-state index contributed by atoms with van der Waals surface area (Å²) in [5.74, 6) is 0. The number of rotatable bonds is 8. The zero-order chi connectivity index (χ0) is 21.0. The Morgan fingerprint density at radius 1 is 0.600 bits per heavy atom. The number of carbonyl (C=O) groups is 2. The van der Waals surface area contributed by atoms with Gasteiger partial charge >= 0.3 is 12.2 Å². The molecular formula is C24H24N2O4. The van der Waals surface area contributed by atoms with E-state index < -0.39 is 12.2 Å². The van der Waals surface area contributed by atoms with Crippen LogP contribution in [0.25, 0.3) is 0 Å². The van der Waals surface area contributed by atoms with Gasteiger partial charge in [-0.2, -0.15) is 0 Å². The van der Waals surface area contributed by atoms with Gasteiger partial charge in [0.25, 0.3) is 0 Å². The second-order valence-corrected chi connectivity index (χ2v) is 6.57. The van der Waals surface area contributed by atoms with Crippen LogP contribution in [-0.2, 0) is 22.3 Å². The van der Waals surface area contributed by atoms with Crippen molar-refractivity contribution in [2.75, 3.05) is 23.8 Å². The number of benzene rings is 3. The molecule has 0 aliphatic heterocycles. The predicted octanol–water partition coefficient (Wildman–Crippen LogP) is 5.27. The summed E-state index contributed by atoms with van der Waals surface area (Å²) < 4.78 is 10.5. The Labute approximate surface area is 175 Å². The monoisotopic (exact) mass is 404 g/mol. The molecule has 0 atom stereocenters. The van der Waals surface area contributed by atoms with Crippen molar-refractivity contribution in [1.82, 2.24) is 0 Å². The van der Waals surface area contributed by atoms with Crippen LogP contribution in [-0.4, -0.2) is 25.4 Å². The van der Waals surface area contributed by atoms with E-state index in [0.29, 0.717) is 24.2 Å². The van der Waals surface area contributed by atoms with Crippen LogP contribution in [0.2, 0.25) is 0 Å². The van der Waals surface area contributed by atoms with Crippen LogP contribution in [0.5, 0.6) is 0 Å². The molecule has 0 saturated heterocycles. The average molecular weight is 404 g/mol. The van der Waals surface area contributed by atoms with Gasteiger partial charge in [-0.1, -0.05) is 60.7 Å². The maximum Gasteiger partial charge on any atom is 0.411 e. The molecule has 3 aromatic rings. The molecule has 0 heterocycles. The Hall–Kier alpha value is -3.80. The Kier molecular flexibility index (Phi) is 7.85. The zero-order valence-electron chi connectivity index (χ0n) is 16.5. The third kappa shape index (κ3) is 7.31. The highest BCUT2D eigenvalue weighted by Crippen LogP contribution is 2.10. The lowest BCUT2D eigenvalue weighted by atomic mass is 10.1. The third-order valence-electron chi connectivity index (χ3n) is 4.28. The van der Waals surface area contributed by atoms with Gasteiger partial charge in [0.15, 0.2) is 0 Å². The first-order chi connectivity index (χ1) is 14.7. The minimum absolute atomic E-state index is 0.276. The molecule has 0 unspecified atom stereocenters. The number of ether oxygens (including phenoxy) is 2.